The fourth-order valence-electron chi connectivity index (χ4n) is 2.45. The first-order chi connectivity index (χ1) is 9.04. The quantitative estimate of drug-likeness (QED) is 0.740. The molecule has 4 heteroatoms. The van der Waals surface area contributed by atoms with Crippen LogP contribution in [0.25, 0.3) is 0 Å². The third-order valence-corrected chi connectivity index (χ3v) is 3.75. The Morgan fingerprint density at radius 3 is 2.89 bits per heavy atom. The van der Waals surface area contributed by atoms with E-state index in [1.54, 1.807) is 14.0 Å². The zero-order chi connectivity index (χ0) is 13.9. The van der Waals surface area contributed by atoms with E-state index >= 15 is 0 Å². The van der Waals surface area contributed by atoms with Crippen molar-refractivity contribution in [3.05, 3.63) is 29.3 Å². The van der Waals surface area contributed by atoms with E-state index < -0.39 is 5.60 Å². The number of aliphatic hydroxyl groups is 2. The molecule has 4 nitrogen and oxygen atoms in total. The van der Waals surface area contributed by atoms with E-state index in [0.717, 1.165) is 25.0 Å². The molecule has 0 fully saturated rings. The van der Waals surface area contributed by atoms with Crippen LogP contribution < -0.4 is 10.1 Å². The fraction of sp³-hybridized carbons (Fsp3) is 0.600. The minimum atomic E-state index is -1.05. The van der Waals surface area contributed by atoms with Gasteiger partial charge in [-0.2, -0.15) is 0 Å². The Morgan fingerprint density at radius 2 is 2.21 bits per heavy atom. The maximum Gasteiger partial charge on any atom is 0.119 e. The normalized spacial score (nSPS) is 21.6. The topological polar surface area (TPSA) is 61.7 Å². The van der Waals surface area contributed by atoms with Gasteiger partial charge in [0, 0.05) is 12.6 Å². The molecule has 1 aliphatic carbocycles. The van der Waals surface area contributed by atoms with Crippen molar-refractivity contribution in [1.29, 1.82) is 0 Å². The van der Waals surface area contributed by atoms with Crippen LogP contribution in [0.1, 0.15) is 24.5 Å². The summed E-state index contributed by atoms with van der Waals surface area (Å²) < 4.78 is 5.25. The number of fused-ring (bicyclic) bond motifs is 1. The van der Waals surface area contributed by atoms with E-state index in [0.29, 0.717) is 12.6 Å². The second-order valence-electron chi connectivity index (χ2n) is 5.61. The molecular formula is C15H23NO3. The summed E-state index contributed by atoms with van der Waals surface area (Å²) in [5.74, 6) is 0.891. The number of ether oxygens (including phenoxy) is 1. The van der Waals surface area contributed by atoms with Gasteiger partial charge in [0.05, 0.1) is 19.3 Å². The predicted molar refractivity (Wildman–Crippen MR) is 74.5 cm³/mol. The summed E-state index contributed by atoms with van der Waals surface area (Å²) in [4.78, 5) is 0. The smallest absolute Gasteiger partial charge is 0.119 e. The number of aliphatic hydroxyl groups excluding tert-OH is 1. The van der Waals surface area contributed by atoms with Crippen LogP contribution in [0.5, 0.6) is 5.75 Å². The predicted octanol–water partition coefficient (Wildman–Crippen LogP) is 0.885. The van der Waals surface area contributed by atoms with E-state index in [4.69, 9.17) is 9.84 Å². The van der Waals surface area contributed by atoms with Gasteiger partial charge in [-0.15, -0.1) is 0 Å². The summed E-state index contributed by atoms with van der Waals surface area (Å²) in [5, 5.41) is 22.2. The molecule has 0 aliphatic heterocycles. The molecule has 0 bridgehead atoms. The Kier molecular flexibility index (Phi) is 4.45. The molecule has 0 spiro atoms. The minimum absolute atomic E-state index is 0.225. The molecule has 0 saturated heterocycles. The Bertz CT molecular complexity index is 431. The molecule has 2 unspecified atom stereocenters. The largest absolute Gasteiger partial charge is 0.497 e. The van der Waals surface area contributed by atoms with Crippen LogP contribution in [-0.4, -0.2) is 42.1 Å². The van der Waals surface area contributed by atoms with Gasteiger partial charge in [0.25, 0.3) is 0 Å². The van der Waals surface area contributed by atoms with Crippen molar-refractivity contribution in [2.24, 2.45) is 0 Å². The van der Waals surface area contributed by atoms with Gasteiger partial charge in [0.15, 0.2) is 0 Å². The number of hydrogen-bond donors (Lipinski definition) is 3. The number of rotatable bonds is 5. The van der Waals surface area contributed by atoms with Crippen molar-refractivity contribution in [2.45, 2.75) is 37.8 Å². The van der Waals surface area contributed by atoms with Crippen molar-refractivity contribution in [2.75, 3.05) is 20.3 Å². The molecule has 1 aromatic carbocycles. The van der Waals surface area contributed by atoms with Crippen LogP contribution in [0.2, 0.25) is 0 Å². The van der Waals surface area contributed by atoms with Gasteiger partial charge in [-0.05, 0) is 49.4 Å². The van der Waals surface area contributed by atoms with Gasteiger partial charge in [0.2, 0.25) is 0 Å². The number of nitrogens with one attached hydrogen (secondary N) is 1. The molecule has 3 N–H and O–H groups in total. The van der Waals surface area contributed by atoms with Crippen LogP contribution in [0.4, 0.5) is 0 Å². The van der Waals surface area contributed by atoms with Crippen molar-refractivity contribution in [1.82, 2.24) is 5.32 Å². The number of aryl methyl sites for hydroxylation is 1. The standard InChI is InChI=1S/C15H23NO3/c1-15(18,10-17)9-16-13-5-3-11-4-6-14(19-2)8-12(11)7-13/h4,6,8,13,16-18H,3,5,7,9-10H2,1-2H3. The van der Waals surface area contributed by atoms with Crippen molar-refractivity contribution >= 4 is 0 Å². The second-order valence-corrected chi connectivity index (χ2v) is 5.61. The summed E-state index contributed by atoms with van der Waals surface area (Å²) >= 11 is 0. The first-order valence-corrected chi connectivity index (χ1v) is 6.76. The Balaban J connectivity index is 1.97. The third-order valence-electron chi connectivity index (χ3n) is 3.75. The molecule has 0 amide bonds. The van der Waals surface area contributed by atoms with Crippen molar-refractivity contribution < 1.29 is 14.9 Å². The highest BCUT2D eigenvalue weighted by Crippen LogP contribution is 2.25. The zero-order valence-corrected chi connectivity index (χ0v) is 11.6. The molecule has 2 atom stereocenters. The van der Waals surface area contributed by atoms with Gasteiger partial charge in [0.1, 0.15) is 5.75 Å². The molecule has 19 heavy (non-hydrogen) atoms. The first kappa shape index (κ1) is 14.3. The maximum absolute atomic E-state index is 9.80. The van der Waals surface area contributed by atoms with Gasteiger partial charge < -0.3 is 20.3 Å². The van der Waals surface area contributed by atoms with E-state index in [1.165, 1.54) is 11.1 Å². The van der Waals surface area contributed by atoms with Gasteiger partial charge in [-0.1, -0.05) is 6.07 Å². The van der Waals surface area contributed by atoms with Crippen LogP contribution in [0, 0.1) is 0 Å². The summed E-state index contributed by atoms with van der Waals surface area (Å²) in [7, 11) is 1.68. The second kappa shape index (κ2) is 5.90. The average molecular weight is 265 g/mol. The number of hydrogen-bond acceptors (Lipinski definition) is 4. The summed E-state index contributed by atoms with van der Waals surface area (Å²) in [6.45, 7) is 1.82. The lowest BCUT2D eigenvalue weighted by atomic mass is 9.88. The molecule has 0 saturated carbocycles. The van der Waals surface area contributed by atoms with E-state index in [1.807, 2.05) is 6.07 Å². The maximum atomic E-state index is 9.80. The first-order valence-electron chi connectivity index (χ1n) is 6.76. The van der Waals surface area contributed by atoms with Gasteiger partial charge in [-0.3, -0.25) is 0 Å². The van der Waals surface area contributed by atoms with Crippen molar-refractivity contribution in [3.63, 3.8) is 0 Å². The average Bonchev–Trinajstić information content (AvgIpc) is 2.44. The molecular weight excluding hydrogens is 242 g/mol. The lowest BCUT2D eigenvalue weighted by molar-refractivity contribution is 0.000442. The van der Waals surface area contributed by atoms with Crippen LogP contribution in [0.15, 0.2) is 18.2 Å². The van der Waals surface area contributed by atoms with Crippen molar-refractivity contribution in [3.8, 4) is 5.75 Å². The Labute approximate surface area is 114 Å². The summed E-state index contributed by atoms with van der Waals surface area (Å²) in [5.41, 5.74) is 1.65. The van der Waals surface area contributed by atoms with Gasteiger partial charge in [-0.25, -0.2) is 0 Å². The van der Waals surface area contributed by atoms with E-state index in [9.17, 15) is 5.11 Å². The molecule has 1 aliphatic rings. The lowest BCUT2D eigenvalue weighted by Gasteiger charge is -2.29. The summed E-state index contributed by atoms with van der Waals surface area (Å²) in [6, 6.07) is 6.57. The minimum Gasteiger partial charge on any atom is -0.497 e. The number of benzene rings is 1. The molecule has 0 heterocycles. The molecule has 0 radical (unpaired) electrons. The van der Waals surface area contributed by atoms with Crippen LogP contribution in [-0.2, 0) is 12.8 Å². The highest BCUT2D eigenvalue weighted by molar-refractivity contribution is 5.37. The van der Waals surface area contributed by atoms with Gasteiger partial charge >= 0.3 is 0 Å². The Hall–Kier alpha value is -1.10. The van der Waals surface area contributed by atoms with E-state index in [-0.39, 0.29) is 6.61 Å². The molecule has 0 aromatic heterocycles. The molecule has 1 aromatic rings. The number of methoxy groups -OCH3 is 1. The third kappa shape index (κ3) is 3.69. The Morgan fingerprint density at radius 1 is 1.42 bits per heavy atom. The highest BCUT2D eigenvalue weighted by atomic mass is 16.5. The summed E-state index contributed by atoms with van der Waals surface area (Å²) in [6.07, 6.45) is 3.03. The zero-order valence-electron chi connectivity index (χ0n) is 11.6. The van der Waals surface area contributed by atoms with Crippen LogP contribution in [0.3, 0.4) is 0 Å². The highest BCUT2D eigenvalue weighted by Gasteiger charge is 2.23. The molecule has 106 valence electrons. The lowest BCUT2D eigenvalue weighted by Crippen LogP contribution is -2.46. The van der Waals surface area contributed by atoms with Crippen LogP contribution >= 0.6 is 0 Å². The van der Waals surface area contributed by atoms with E-state index in [2.05, 4.69) is 17.4 Å². The molecule has 2 rings (SSSR count). The SMILES string of the molecule is COc1ccc2c(c1)CC(NCC(C)(O)CO)CC2. The fourth-order valence-corrected chi connectivity index (χ4v) is 2.45. The monoisotopic (exact) mass is 265 g/mol.